The van der Waals surface area contributed by atoms with E-state index in [4.69, 9.17) is 4.42 Å². The van der Waals surface area contributed by atoms with Gasteiger partial charge in [-0.15, -0.1) is 0 Å². The van der Waals surface area contributed by atoms with E-state index in [1.807, 2.05) is 25.1 Å². The van der Waals surface area contributed by atoms with Crippen molar-refractivity contribution in [1.29, 1.82) is 0 Å². The number of anilines is 1. The van der Waals surface area contributed by atoms with E-state index in [0.29, 0.717) is 17.0 Å². The topological polar surface area (TPSA) is 106 Å². The van der Waals surface area contributed by atoms with Crippen LogP contribution in [0.3, 0.4) is 0 Å². The molecule has 2 aromatic heterocycles. The van der Waals surface area contributed by atoms with Crippen molar-refractivity contribution in [2.24, 2.45) is 0 Å². The summed E-state index contributed by atoms with van der Waals surface area (Å²) < 4.78 is 34.8. The van der Waals surface area contributed by atoms with Gasteiger partial charge in [0.05, 0.1) is 23.4 Å². The van der Waals surface area contributed by atoms with Crippen molar-refractivity contribution in [3.8, 4) is 5.69 Å². The second-order valence-electron chi connectivity index (χ2n) is 7.27. The lowest BCUT2D eigenvalue weighted by Crippen LogP contribution is -2.24. The van der Waals surface area contributed by atoms with Gasteiger partial charge in [0.1, 0.15) is 5.76 Å². The molecule has 0 spiro atoms. The molecule has 4 aromatic rings. The van der Waals surface area contributed by atoms with Crippen LogP contribution < -0.4 is 10.0 Å². The van der Waals surface area contributed by atoms with E-state index >= 15 is 0 Å². The lowest BCUT2D eigenvalue weighted by atomic mass is 10.1. The van der Waals surface area contributed by atoms with Crippen molar-refractivity contribution in [1.82, 2.24) is 14.5 Å². The summed E-state index contributed by atoms with van der Waals surface area (Å²) in [6.45, 7) is 3.71. The summed E-state index contributed by atoms with van der Waals surface area (Å²) in [4.78, 5) is 13.0. The number of sulfonamides is 1. The van der Waals surface area contributed by atoms with Crippen LogP contribution in [0.15, 0.2) is 82.4 Å². The zero-order valence-electron chi connectivity index (χ0n) is 17.6. The highest BCUT2D eigenvalue weighted by molar-refractivity contribution is 7.89. The first-order valence-electron chi connectivity index (χ1n) is 9.88. The summed E-state index contributed by atoms with van der Waals surface area (Å²) in [5.41, 5.74) is 3.27. The third kappa shape index (κ3) is 4.63. The quantitative estimate of drug-likeness (QED) is 0.445. The molecule has 0 bridgehead atoms. The van der Waals surface area contributed by atoms with Crippen molar-refractivity contribution in [2.45, 2.75) is 25.3 Å². The number of benzene rings is 2. The van der Waals surface area contributed by atoms with Gasteiger partial charge in [-0.2, -0.15) is 5.10 Å². The predicted molar refractivity (Wildman–Crippen MR) is 120 cm³/mol. The van der Waals surface area contributed by atoms with Gasteiger partial charge in [-0.05, 0) is 67.9 Å². The highest BCUT2D eigenvalue weighted by Gasteiger charge is 2.19. The Morgan fingerprint density at radius 3 is 2.62 bits per heavy atom. The van der Waals surface area contributed by atoms with E-state index < -0.39 is 15.9 Å². The standard InChI is InChI=1S/C23H22N4O4S/c1-16-8-9-21(32(29,30)25-15-20-7-4-12-31-20)14-22(16)23(28)26-18-5-3-6-19(13-18)27-17(2)10-11-24-27/h3-14,25H,15H2,1-2H3,(H,26,28). The Kier molecular flexibility index (Phi) is 5.93. The van der Waals surface area contributed by atoms with E-state index in [0.717, 1.165) is 11.4 Å². The summed E-state index contributed by atoms with van der Waals surface area (Å²) in [5, 5.41) is 7.12. The van der Waals surface area contributed by atoms with E-state index in [1.165, 1.54) is 18.4 Å². The highest BCUT2D eigenvalue weighted by atomic mass is 32.2. The molecule has 1 amide bonds. The molecule has 0 radical (unpaired) electrons. The van der Waals surface area contributed by atoms with E-state index in [1.54, 1.807) is 48.1 Å². The second-order valence-corrected chi connectivity index (χ2v) is 9.04. The minimum atomic E-state index is -3.82. The fraction of sp³-hybridized carbons (Fsp3) is 0.130. The van der Waals surface area contributed by atoms with Crippen molar-refractivity contribution < 1.29 is 17.6 Å². The zero-order chi connectivity index (χ0) is 22.7. The molecule has 0 aliphatic rings. The fourth-order valence-corrected chi connectivity index (χ4v) is 4.25. The first-order chi connectivity index (χ1) is 15.3. The molecule has 0 fully saturated rings. The van der Waals surface area contributed by atoms with Crippen LogP contribution in [0.5, 0.6) is 0 Å². The van der Waals surface area contributed by atoms with Crippen LogP contribution in [0.4, 0.5) is 5.69 Å². The molecule has 0 atom stereocenters. The lowest BCUT2D eigenvalue weighted by Gasteiger charge is -2.12. The zero-order valence-corrected chi connectivity index (χ0v) is 18.4. The molecule has 0 saturated carbocycles. The van der Waals surface area contributed by atoms with Gasteiger partial charge in [-0.25, -0.2) is 17.8 Å². The molecule has 164 valence electrons. The molecule has 0 aliphatic carbocycles. The number of hydrogen-bond donors (Lipinski definition) is 2. The van der Waals surface area contributed by atoms with Crippen molar-refractivity contribution in [3.05, 3.63) is 95.7 Å². The van der Waals surface area contributed by atoms with Gasteiger partial charge in [-0.3, -0.25) is 4.79 Å². The predicted octanol–water partition coefficient (Wildman–Crippen LogP) is 3.81. The van der Waals surface area contributed by atoms with Crippen LogP contribution in [0, 0.1) is 13.8 Å². The maximum atomic E-state index is 13.0. The van der Waals surface area contributed by atoms with Gasteiger partial charge in [-0.1, -0.05) is 12.1 Å². The summed E-state index contributed by atoms with van der Waals surface area (Å²) >= 11 is 0. The molecule has 2 N–H and O–H groups in total. The van der Waals surface area contributed by atoms with Crippen LogP contribution in [0.2, 0.25) is 0 Å². The van der Waals surface area contributed by atoms with Crippen LogP contribution >= 0.6 is 0 Å². The number of nitrogens with zero attached hydrogens (tertiary/aromatic N) is 2. The Hall–Kier alpha value is -3.69. The average Bonchev–Trinajstić information content (AvgIpc) is 3.44. The van der Waals surface area contributed by atoms with Crippen LogP contribution in [-0.2, 0) is 16.6 Å². The van der Waals surface area contributed by atoms with Crippen molar-refractivity contribution in [2.75, 3.05) is 5.32 Å². The number of aromatic nitrogens is 2. The number of hydrogen-bond acceptors (Lipinski definition) is 5. The van der Waals surface area contributed by atoms with Gasteiger partial charge in [0, 0.05) is 23.1 Å². The SMILES string of the molecule is Cc1ccc(S(=O)(=O)NCc2ccco2)cc1C(=O)Nc1cccc(-n2nccc2C)c1. The molecule has 0 saturated heterocycles. The van der Waals surface area contributed by atoms with Gasteiger partial charge in [0.25, 0.3) is 5.91 Å². The molecular weight excluding hydrogens is 428 g/mol. The first kappa shape index (κ1) is 21.5. The van der Waals surface area contributed by atoms with Crippen molar-refractivity contribution >= 4 is 21.6 Å². The Morgan fingerprint density at radius 1 is 1.06 bits per heavy atom. The van der Waals surface area contributed by atoms with Gasteiger partial charge >= 0.3 is 0 Å². The normalized spacial score (nSPS) is 11.4. The average molecular weight is 451 g/mol. The Bertz CT molecular complexity index is 1360. The molecule has 32 heavy (non-hydrogen) atoms. The number of nitrogens with one attached hydrogen (secondary N) is 2. The van der Waals surface area contributed by atoms with Gasteiger partial charge in [0.15, 0.2) is 0 Å². The molecule has 2 aromatic carbocycles. The smallest absolute Gasteiger partial charge is 0.255 e. The third-order valence-electron chi connectivity index (χ3n) is 4.96. The minimum Gasteiger partial charge on any atom is -0.468 e. The first-order valence-corrected chi connectivity index (χ1v) is 11.4. The fourth-order valence-electron chi connectivity index (χ4n) is 3.23. The maximum absolute atomic E-state index is 13.0. The summed E-state index contributed by atoms with van der Waals surface area (Å²) in [6.07, 6.45) is 3.18. The molecule has 2 heterocycles. The molecular formula is C23H22N4O4S. The molecule has 0 unspecified atom stereocenters. The summed E-state index contributed by atoms with van der Waals surface area (Å²) in [7, 11) is -3.82. The van der Waals surface area contributed by atoms with Crippen molar-refractivity contribution in [3.63, 3.8) is 0 Å². The molecule has 8 nitrogen and oxygen atoms in total. The minimum absolute atomic E-state index is 0.000669. The number of amides is 1. The molecule has 0 aliphatic heterocycles. The van der Waals surface area contributed by atoms with Gasteiger partial charge < -0.3 is 9.73 Å². The van der Waals surface area contributed by atoms with Gasteiger partial charge in [0.2, 0.25) is 10.0 Å². The monoisotopic (exact) mass is 450 g/mol. The largest absolute Gasteiger partial charge is 0.468 e. The van der Waals surface area contributed by atoms with E-state index in [9.17, 15) is 13.2 Å². The number of carbonyl (C=O) groups excluding carboxylic acids is 1. The summed E-state index contributed by atoms with van der Waals surface area (Å²) in [6, 6.07) is 17.0. The molecule has 4 rings (SSSR count). The number of aryl methyl sites for hydroxylation is 2. The second kappa shape index (κ2) is 8.81. The van der Waals surface area contributed by atoms with E-state index in [-0.39, 0.29) is 17.0 Å². The van der Waals surface area contributed by atoms with Crippen LogP contribution in [0.25, 0.3) is 5.69 Å². The Morgan fingerprint density at radius 2 is 1.91 bits per heavy atom. The van der Waals surface area contributed by atoms with Crippen LogP contribution in [0.1, 0.15) is 27.4 Å². The Balaban J connectivity index is 1.55. The number of rotatable bonds is 7. The Labute approximate surface area is 185 Å². The summed E-state index contributed by atoms with van der Waals surface area (Å²) in [5.74, 6) is 0.0888. The maximum Gasteiger partial charge on any atom is 0.255 e. The molecule has 9 heteroatoms. The van der Waals surface area contributed by atoms with Crippen LogP contribution in [-0.4, -0.2) is 24.1 Å². The highest BCUT2D eigenvalue weighted by Crippen LogP contribution is 2.20. The number of carbonyl (C=O) groups is 1. The number of furan rings is 1. The van der Waals surface area contributed by atoms with E-state index in [2.05, 4.69) is 15.1 Å². The lowest BCUT2D eigenvalue weighted by molar-refractivity contribution is 0.102. The third-order valence-corrected chi connectivity index (χ3v) is 6.36.